The summed E-state index contributed by atoms with van der Waals surface area (Å²) in [4.78, 5) is 11.8. The van der Waals surface area contributed by atoms with Crippen LogP contribution >= 0.6 is 23.2 Å². The third kappa shape index (κ3) is 2.72. The fourth-order valence-corrected chi connectivity index (χ4v) is 2.80. The second-order valence-electron chi connectivity index (χ2n) is 4.47. The highest BCUT2D eigenvalue weighted by atomic mass is 35.5. The Morgan fingerprint density at radius 3 is 2.50 bits per heavy atom. The standard InChI is InChI=1S/C12H18Cl2O2/c1-4-6-12(3)8(7-9(13)14)10(12)11(15)16-5-2/h7-8,10H,4-6H2,1-3H3. The highest BCUT2D eigenvalue weighted by Crippen LogP contribution is 2.63. The zero-order chi connectivity index (χ0) is 12.3. The number of allylic oxidation sites excluding steroid dienone is 1. The number of carbonyl (C=O) groups excluding carboxylic acids is 1. The normalized spacial score (nSPS) is 32.1. The monoisotopic (exact) mass is 264 g/mol. The molecule has 4 heteroatoms. The second kappa shape index (κ2) is 5.42. The van der Waals surface area contributed by atoms with Crippen LogP contribution in [0.1, 0.15) is 33.6 Å². The fraction of sp³-hybridized carbons (Fsp3) is 0.750. The van der Waals surface area contributed by atoms with Gasteiger partial charge in [0.25, 0.3) is 0 Å². The summed E-state index contributed by atoms with van der Waals surface area (Å²) in [5.74, 6) is -0.0920. The van der Waals surface area contributed by atoms with Gasteiger partial charge < -0.3 is 4.74 Å². The summed E-state index contributed by atoms with van der Waals surface area (Å²) in [6, 6.07) is 0. The van der Waals surface area contributed by atoms with Gasteiger partial charge >= 0.3 is 5.97 Å². The SMILES string of the molecule is CCCC1(C)C(C=C(Cl)Cl)C1C(=O)OCC. The van der Waals surface area contributed by atoms with E-state index in [4.69, 9.17) is 27.9 Å². The Kier molecular flexibility index (Phi) is 4.69. The third-order valence-corrected chi connectivity index (χ3v) is 3.61. The Hall–Kier alpha value is -0.210. The average molecular weight is 265 g/mol. The first kappa shape index (κ1) is 13.9. The molecule has 1 aliphatic rings. The number of carbonyl (C=O) groups is 1. The fourth-order valence-electron chi connectivity index (χ4n) is 2.53. The third-order valence-electron chi connectivity index (χ3n) is 3.36. The van der Waals surface area contributed by atoms with Gasteiger partial charge in [-0.25, -0.2) is 0 Å². The molecule has 0 bridgehead atoms. The summed E-state index contributed by atoms with van der Waals surface area (Å²) < 4.78 is 5.30. The van der Waals surface area contributed by atoms with Gasteiger partial charge in [-0.2, -0.15) is 0 Å². The molecule has 1 rings (SSSR count). The maximum absolute atomic E-state index is 11.8. The van der Waals surface area contributed by atoms with E-state index in [0.29, 0.717) is 6.61 Å². The van der Waals surface area contributed by atoms with Gasteiger partial charge in [-0.15, -0.1) is 0 Å². The molecule has 3 atom stereocenters. The minimum absolute atomic E-state index is 0.0317. The van der Waals surface area contributed by atoms with Crippen molar-refractivity contribution >= 4 is 29.2 Å². The first-order chi connectivity index (χ1) is 7.47. The summed E-state index contributed by atoms with van der Waals surface area (Å²) in [6.07, 6.45) is 3.79. The van der Waals surface area contributed by atoms with E-state index < -0.39 is 0 Å². The minimum Gasteiger partial charge on any atom is -0.466 e. The van der Waals surface area contributed by atoms with Crippen LogP contribution in [-0.4, -0.2) is 12.6 Å². The van der Waals surface area contributed by atoms with Crippen LogP contribution in [0.25, 0.3) is 0 Å². The van der Waals surface area contributed by atoms with Crippen LogP contribution in [0.4, 0.5) is 0 Å². The molecule has 2 nitrogen and oxygen atoms in total. The summed E-state index contributed by atoms with van der Waals surface area (Å²) in [7, 11) is 0. The summed E-state index contributed by atoms with van der Waals surface area (Å²) in [5, 5.41) is 0. The van der Waals surface area contributed by atoms with E-state index in [0.717, 1.165) is 12.8 Å². The van der Waals surface area contributed by atoms with Crippen LogP contribution in [0, 0.1) is 17.3 Å². The van der Waals surface area contributed by atoms with Crippen molar-refractivity contribution in [2.75, 3.05) is 6.61 Å². The molecule has 0 N–H and O–H groups in total. The van der Waals surface area contributed by atoms with Crippen LogP contribution in [0.2, 0.25) is 0 Å². The molecule has 0 aromatic rings. The molecule has 1 aliphatic carbocycles. The molecule has 3 unspecified atom stereocenters. The van der Waals surface area contributed by atoms with Gasteiger partial charge in [-0.1, -0.05) is 43.5 Å². The first-order valence-corrected chi connectivity index (χ1v) is 6.42. The van der Waals surface area contributed by atoms with E-state index >= 15 is 0 Å². The van der Waals surface area contributed by atoms with E-state index in [2.05, 4.69) is 13.8 Å². The Morgan fingerprint density at radius 1 is 1.44 bits per heavy atom. The lowest BCUT2D eigenvalue weighted by molar-refractivity contribution is -0.145. The maximum Gasteiger partial charge on any atom is 0.310 e. The number of ether oxygens (including phenoxy) is 1. The van der Waals surface area contributed by atoms with Crippen LogP contribution in [0.3, 0.4) is 0 Å². The lowest BCUT2D eigenvalue weighted by Crippen LogP contribution is -2.11. The van der Waals surface area contributed by atoms with Crippen molar-refractivity contribution in [3.05, 3.63) is 10.6 Å². The number of hydrogen-bond acceptors (Lipinski definition) is 2. The molecule has 1 saturated carbocycles. The van der Waals surface area contributed by atoms with E-state index in [1.54, 1.807) is 6.08 Å². The predicted octanol–water partition coefficient (Wildman–Crippen LogP) is 3.92. The summed E-state index contributed by atoms with van der Waals surface area (Å²) >= 11 is 11.3. The van der Waals surface area contributed by atoms with Gasteiger partial charge in [-0.3, -0.25) is 4.79 Å². The van der Waals surface area contributed by atoms with E-state index in [1.807, 2.05) is 6.92 Å². The smallest absolute Gasteiger partial charge is 0.310 e. The van der Waals surface area contributed by atoms with Crippen molar-refractivity contribution in [1.29, 1.82) is 0 Å². The Morgan fingerprint density at radius 2 is 2.06 bits per heavy atom. The van der Waals surface area contributed by atoms with Crippen LogP contribution < -0.4 is 0 Å². The van der Waals surface area contributed by atoms with Gasteiger partial charge in [0.1, 0.15) is 4.49 Å². The van der Waals surface area contributed by atoms with Crippen molar-refractivity contribution in [3.63, 3.8) is 0 Å². The molecule has 0 spiro atoms. The van der Waals surface area contributed by atoms with Crippen LogP contribution in [0.15, 0.2) is 10.6 Å². The molecule has 92 valence electrons. The van der Waals surface area contributed by atoms with Crippen molar-refractivity contribution in [1.82, 2.24) is 0 Å². The molecule has 0 heterocycles. The van der Waals surface area contributed by atoms with Gasteiger partial charge in [0, 0.05) is 0 Å². The second-order valence-corrected chi connectivity index (χ2v) is 5.48. The number of halogens is 2. The number of esters is 1. The Balaban J connectivity index is 2.76. The lowest BCUT2D eigenvalue weighted by Gasteiger charge is -2.08. The average Bonchev–Trinajstić information content (AvgIpc) is 2.70. The van der Waals surface area contributed by atoms with Crippen molar-refractivity contribution in [2.45, 2.75) is 33.6 Å². The van der Waals surface area contributed by atoms with Crippen molar-refractivity contribution in [2.24, 2.45) is 17.3 Å². The maximum atomic E-state index is 11.8. The Labute approximate surface area is 107 Å². The highest BCUT2D eigenvalue weighted by Gasteiger charge is 2.63. The van der Waals surface area contributed by atoms with E-state index in [9.17, 15) is 4.79 Å². The van der Waals surface area contributed by atoms with Crippen LogP contribution in [0.5, 0.6) is 0 Å². The lowest BCUT2D eigenvalue weighted by atomic mass is 9.98. The Bertz CT molecular complexity index is 297. The topological polar surface area (TPSA) is 26.3 Å². The van der Waals surface area contributed by atoms with Gasteiger partial charge in [0.15, 0.2) is 0 Å². The van der Waals surface area contributed by atoms with E-state index in [-0.39, 0.29) is 27.7 Å². The zero-order valence-electron chi connectivity index (χ0n) is 9.93. The number of hydrogen-bond donors (Lipinski definition) is 0. The molecular formula is C12H18Cl2O2. The first-order valence-electron chi connectivity index (χ1n) is 5.66. The number of rotatable bonds is 5. The highest BCUT2D eigenvalue weighted by molar-refractivity contribution is 6.55. The quantitative estimate of drug-likeness (QED) is 0.704. The van der Waals surface area contributed by atoms with Crippen LogP contribution in [-0.2, 0) is 9.53 Å². The largest absolute Gasteiger partial charge is 0.466 e. The summed E-state index contributed by atoms with van der Waals surface area (Å²) in [6.45, 7) is 6.43. The predicted molar refractivity (Wildman–Crippen MR) is 66.4 cm³/mol. The zero-order valence-corrected chi connectivity index (χ0v) is 11.4. The van der Waals surface area contributed by atoms with Gasteiger partial charge in [0.05, 0.1) is 12.5 Å². The molecule has 0 amide bonds. The molecule has 0 aromatic heterocycles. The molecular weight excluding hydrogens is 247 g/mol. The molecule has 0 aliphatic heterocycles. The van der Waals surface area contributed by atoms with Gasteiger partial charge in [0.2, 0.25) is 0 Å². The van der Waals surface area contributed by atoms with Crippen molar-refractivity contribution in [3.8, 4) is 0 Å². The molecule has 1 fully saturated rings. The van der Waals surface area contributed by atoms with Crippen molar-refractivity contribution < 1.29 is 9.53 Å². The van der Waals surface area contributed by atoms with E-state index in [1.165, 1.54) is 0 Å². The molecule has 0 radical (unpaired) electrons. The molecule has 16 heavy (non-hydrogen) atoms. The molecule has 0 aromatic carbocycles. The molecule has 0 saturated heterocycles. The minimum atomic E-state index is -0.130. The summed E-state index contributed by atoms with van der Waals surface area (Å²) in [5.41, 5.74) is -0.0317. The van der Waals surface area contributed by atoms with Gasteiger partial charge in [-0.05, 0) is 30.8 Å².